The lowest BCUT2D eigenvalue weighted by Gasteiger charge is -2.13. The maximum atomic E-state index is 5.12. The van der Waals surface area contributed by atoms with Crippen molar-refractivity contribution in [3.05, 3.63) is 158 Å². The highest BCUT2D eigenvalue weighted by Gasteiger charge is 2.14. The Bertz CT molecular complexity index is 1880. The fourth-order valence-electron chi connectivity index (χ4n) is 5.03. The molecule has 4 nitrogen and oxygen atoms in total. The molecule has 0 atom stereocenters. The summed E-state index contributed by atoms with van der Waals surface area (Å²) in [6, 6.07) is 49.3. The molecule has 0 unspecified atom stereocenters. The highest BCUT2D eigenvalue weighted by atomic mass is 14.8. The summed E-state index contributed by atoms with van der Waals surface area (Å²) in [5.41, 5.74) is 11.3. The Morgan fingerprint density at radius 2 is 0.786 bits per heavy atom. The molecule has 0 aliphatic carbocycles. The van der Waals surface area contributed by atoms with Gasteiger partial charge in [0.1, 0.15) is 0 Å². The number of hydrogen-bond acceptors (Lipinski definition) is 4. The Kier molecular flexibility index (Phi) is 6.85. The van der Waals surface area contributed by atoms with E-state index in [1.807, 2.05) is 79.0 Å². The van der Waals surface area contributed by atoms with Gasteiger partial charge in [0.2, 0.25) is 0 Å². The van der Waals surface area contributed by atoms with Crippen LogP contribution < -0.4 is 0 Å². The summed E-state index contributed by atoms with van der Waals surface area (Å²) in [6.45, 7) is 0. The Morgan fingerprint density at radius 3 is 1.33 bits per heavy atom. The molecule has 0 spiro atoms. The van der Waals surface area contributed by atoms with Gasteiger partial charge in [0.25, 0.3) is 0 Å². The van der Waals surface area contributed by atoms with E-state index in [-0.39, 0.29) is 0 Å². The number of nitrogens with zero attached hydrogens (tertiary/aromatic N) is 4. The van der Waals surface area contributed by atoms with Gasteiger partial charge in [0.05, 0.1) is 34.2 Å². The van der Waals surface area contributed by atoms with Crippen molar-refractivity contribution < 1.29 is 0 Å². The molecule has 4 heterocycles. The monoisotopic (exact) mass is 538 g/mol. The minimum absolute atomic E-state index is 0.788. The quantitative estimate of drug-likeness (QED) is 0.212. The molecule has 198 valence electrons. The van der Waals surface area contributed by atoms with Gasteiger partial charge in [0, 0.05) is 40.2 Å². The summed E-state index contributed by atoms with van der Waals surface area (Å²) in [5.74, 6) is 0. The summed E-state index contributed by atoms with van der Waals surface area (Å²) < 4.78 is 0. The van der Waals surface area contributed by atoms with Gasteiger partial charge in [-0.05, 0) is 48.0 Å². The van der Waals surface area contributed by atoms with E-state index in [0.29, 0.717) is 0 Å². The molecule has 0 radical (unpaired) electrons. The predicted octanol–water partition coefficient (Wildman–Crippen LogP) is 9.27. The maximum Gasteiger partial charge on any atom is 0.0900 e. The van der Waals surface area contributed by atoms with Gasteiger partial charge >= 0.3 is 0 Å². The van der Waals surface area contributed by atoms with E-state index in [0.717, 1.165) is 67.5 Å². The predicted molar refractivity (Wildman–Crippen MR) is 170 cm³/mol. The molecule has 0 fully saturated rings. The topological polar surface area (TPSA) is 51.6 Å². The number of aromatic nitrogens is 4. The van der Waals surface area contributed by atoms with Crippen LogP contribution in [0.15, 0.2) is 158 Å². The van der Waals surface area contributed by atoms with Crippen LogP contribution in [0.2, 0.25) is 0 Å². The molecular weight excluding hydrogens is 512 g/mol. The molecule has 0 saturated carbocycles. The van der Waals surface area contributed by atoms with Crippen LogP contribution in [-0.4, -0.2) is 19.9 Å². The van der Waals surface area contributed by atoms with Crippen LogP contribution in [0.1, 0.15) is 0 Å². The van der Waals surface area contributed by atoms with E-state index in [4.69, 9.17) is 15.0 Å². The Morgan fingerprint density at radius 1 is 0.286 bits per heavy atom. The molecule has 0 amide bonds. The first kappa shape index (κ1) is 25.2. The van der Waals surface area contributed by atoms with Gasteiger partial charge in [-0.2, -0.15) is 0 Å². The second-order valence-electron chi connectivity index (χ2n) is 10.00. The zero-order valence-electron chi connectivity index (χ0n) is 22.8. The highest BCUT2D eigenvalue weighted by Crippen LogP contribution is 2.33. The molecule has 3 aromatic carbocycles. The summed E-state index contributed by atoms with van der Waals surface area (Å²) >= 11 is 0. The van der Waals surface area contributed by atoms with E-state index >= 15 is 0 Å². The smallest absolute Gasteiger partial charge is 0.0900 e. The molecule has 0 saturated heterocycles. The number of rotatable bonds is 6. The van der Waals surface area contributed by atoms with E-state index < -0.39 is 0 Å². The average molecular weight is 539 g/mol. The standard InChI is InChI=1S/C38H26N4/c1-4-12-27(13-5-1)30-19-20-33(40-26-30)31-22-37(42-38(25-31)34-18-10-11-21-39-34)32-23-35(28-14-6-2-7-15-28)41-36(24-32)29-16-8-3-9-17-29/h1-26H. The lowest BCUT2D eigenvalue weighted by atomic mass is 10.00. The molecule has 0 N–H and O–H groups in total. The van der Waals surface area contributed by atoms with Crippen molar-refractivity contribution in [3.63, 3.8) is 0 Å². The van der Waals surface area contributed by atoms with Crippen LogP contribution in [0, 0.1) is 0 Å². The molecule has 0 aliphatic heterocycles. The minimum Gasteiger partial charge on any atom is -0.256 e. The zero-order valence-corrected chi connectivity index (χ0v) is 22.8. The summed E-state index contributed by atoms with van der Waals surface area (Å²) in [6.07, 6.45) is 3.72. The van der Waals surface area contributed by atoms with Gasteiger partial charge in [0.15, 0.2) is 0 Å². The van der Waals surface area contributed by atoms with Crippen LogP contribution in [0.3, 0.4) is 0 Å². The van der Waals surface area contributed by atoms with Crippen LogP contribution in [0.4, 0.5) is 0 Å². The summed E-state index contributed by atoms with van der Waals surface area (Å²) in [7, 11) is 0. The Labute approximate surface area is 245 Å². The third-order valence-corrected chi connectivity index (χ3v) is 7.18. The second kappa shape index (κ2) is 11.4. The first-order valence-corrected chi connectivity index (χ1v) is 13.9. The molecule has 0 bridgehead atoms. The van der Waals surface area contributed by atoms with Crippen molar-refractivity contribution in [2.45, 2.75) is 0 Å². The van der Waals surface area contributed by atoms with Crippen molar-refractivity contribution >= 4 is 0 Å². The van der Waals surface area contributed by atoms with Gasteiger partial charge in [-0.25, -0.2) is 9.97 Å². The first-order valence-electron chi connectivity index (χ1n) is 13.9. The lowest BCUT2D eigenvalue weighted by molar-refractivity contribution is 1.23. The minimum atomic E-state index is 0.788. The number of benzene rings is 3. The van der Waals surface area contributed by atoms with Gasteiger partial charge < -0.3 is 0 Å². The van der Waals surface area contributed by atoms with Crippen LogP contribution >= 0.6 is 0 Å². The lowest BCUT2D eigenvalue weighted by Crippen LogP contribution is -1.96. The summed E-state index contributed by atoms with van der Waals surface area (Å²) in [5, 5.41) is 0. The third kappa shape index (κ3) is 5.34. The fraction of sp³-hybridized carbons (Fsp3) is 0. The van der Waals surface area contributed by atoms with Crippen LogP contribution in [0.25, 0.3) is 67.5 Å². The molecule has 7 aromatic rings. The number of hydrogen-bond donors (Lipinski definition) is 0. The SMILES string of the molecule is c1ccc(-c2ccc(-c3cc(-c4cc(-c5ccccc5)nc(-c5ccccc5)c4)nc(-c4ccccn4)c3)nc2)cc1. The van der Waals surface area contributed by atoms with Gasteiger partial charge in [-0.1, -0.05) is 103 Å². The van der Waals surface area contributed by atoms with Crippen molar-refractivity contribution in [2.75, 3.05) is 0 Å². The number of pyridine rings is 4. The average Bonchev–Trinajstić information content (AvgIpc) is 3.09. The first-order chi connectivity index (χ1) is 20.8. The highest BCUT2D eigenvalue weighted by molar-refractivity contribution is 5.79. The zero-order chi connectivity index (χ0) is 28.1. The Balaban J connectivity index is 1.39. The van der Waals surface area contributed by atoms with Gasteiger partial charge in [-0.15, -0.1) is 0 Å². The molecule has 0 aliphatic rings. The van der Waals surface area contributed by atoms with Crippen molar-refractivity contribution in [1.29, 1.82) is 0 Å². The van der Waals surface area contributed by atoms with E-state index in [1.165, 1.54) is 0 Å². The Hall–Kier alpha value is -5.74. The maximum absolute atomic E-state index is 5.12. The van der Waals surface area contributed by atoms with E-state index in [9.17, 15) is 0 Å². The van der Waals surface area contributed by atoms with Crippen LogP contribution in [-0.2, 0) is 0 Å². The normalized spacial score (nSPS) is 10.9. The molecule has 7 rings (SSSR count). The van der Waals surface area contributed by atoms with Crippen LogP contribution in [0.5, 0.6) is 0 Å². The summed E-state index contributed by atoms with van der Waals surface area (Å²) in [4.78, 5) is 19.6. The van der Waals surface area contributed by atoms with Crippen molar-refractivity contribution in [1.82, 2.24) is 19.9 Å². The fourth-order valence-corrected chi connectivity index (χ4v) is 5.03. The van der Waals surface area contributed by atoms with Crippen molar-refractivity contribution in [2.24, 2.45) is 0 Å². The molecular formula is C38H26N4. The second-order valence-corrected chi connectivity index (χ2v) is 10.00. The largest absolute Gasteiger partial charge is 0.256 e. The van der Waals surface area contributed by atoms with Gasteiger partial charge in [-0.3, -0.25) is 9.97 Å². The third-order valence-electron chi connectivity index (χ3n) is 7.18. The molecule has 4 heteroatoms. The van der Waals surface area contributed by atoms with Crippen molar-refractivity contribution in [3.8, 4) is 67.5 Å². The molecule has 42 heavy (non-hydrogen) atoms. The van der Waals surface area contributed by atoms with E-state index in [2.05, 4.69) is 77.8 Å². The van der Waals surface area contributed by atoms with E-state index in [1.54, 1.807) is 6.20 Å². The molecule has 4 aromatic heterocycles.